The first kappa shape index (κ1) is 33.5. The lowest BCUT2D eigenvalue weighted by Gasteiger charge is -2.43. The summed E-state index contributed by atoms with van der Waals surface area (Å²) < 4.78 is 45.1. The molecule has 1 radical (unpaired) electrons. The highest BCUT2D eigenvalue weighted by atomic mass is 28.5. The molecule has 0 N–H and O–H groups in total. The van der Waals surface area contributed by atoms with Crippen molar-refractivity contribution in [3.05, 3.63) is 0 Å². The Morgan fingerprint density at radius 3 is 0.906 bits per heavy atom. The Balaban J connectivity index is 5.14. The maximum absolute atomic E-state index is 6.60. The zero-order valence-corrected chi connectivity index (χ0v) is 31.9. The Kier molecular flexibility index (Phi) is 11.7. The quantitative estimate of drug-likeness (QED) is 0.217. The van der Waals surface area contributed by atoms with Crippen LogP contribution in [0.15, 0.2) is 0 Å². The van der Waals surface area contributed by atoms with Crippen molar-refractivity contribution in [3.8, 4) is 0 Å². The van der Waals surface area contributed by atoms with Gasteiger partial charge >= 0.3 is 52.1 Å². The Bertz CT molecular complexity index is 601. The highest BCUT2D eigenvalue weighted by Gasteiger charge is 2.47. The summed E-state index contributed by atoms with van der Waals surface area (Å²) in [7, 11) is -16.8. The van der Waals surface area contributed by atoms with E-state index in [4.69, 9.17) is 28.8 Å². The van der Waals surface area contributed by atoms with E-state index in [2.05, 4.69) is 111 Å². The van der Waals surface area contributed by atoms with Gasteiger partial charge in [0.15, 0.2) is 16.6 Å². The molecule has 0 rings (SSSR count). The van der Waals surface area contributed by atoms with Gasteiger partial charge in [-0.05, 0) is 111 Å². The fraction of sp³-hybridized carbons (Fsp3) is 1.00. The van der Waals surface area contributed by atoms with Crippen molar-refractivity contribution in [2.75, 3.05) is 0 Å². The van der Waals surface area contributed by atoms with Gasteiger partial charge in [-0.3, -0.25) is 0 Å². The minimum absolute atomic E-state index is 1.36. The molecular weight excluding hydrogens is 541 g/mol. The van der Waals surface area contributed by atoms with Crippen LogP contribution in [-0.4, -0.2) is 68.7 Å². The van der Waals surface area contributed by atoms with Crippen molar-refractivity contribution >= 4 is 68.7 Å². The largest absolute Gasteiger partial charge is 0.437 e. The van der Waals surface area contributed by atoms with Gasteiger partial charge in [-0.2, -0.15) is 0 Å². The first-order chi connectivity index (χ1) is 13.6. The smallest absolute Gasteiger partial charge is 0.360 e. The second-order valence-electron chi connectivity index (χ2n) is 12.4. The van der Waals surface area contributed by atoms with Gasteiger partial charge in [0.25, 0.3) is 0 Å². The van der Waals surface area contributed by atoms with E-state index in [1.54, 1.807) is 0 Å². The van der Waals surface area contributed by atoms with Gasteiger partial charge in [0.05, 0.1) is 0 Å². The van der Waals surface area contributed by atoms with Crippen LogP contribution in [0.4, 0.5) is 0 Å². The fourth-order valence-corrected chi connectivity index (χ4v) is 38.3. The summed E-state index contributed by atoms with van der Waals surface area (Å²) in [5, 5.41) is 0. The van der Waals surface area contributed by atoms with E-state index < -0.39 is 68.7 Å². The molecule has 0 unspecified atom stereocenters. The molecule has 32 heavy (non-hydrogen) atoms. The molecule has 0 aliphatic heterocycles. The Hall–Kier alpha value is 1.46. The summed E-state index contributed by atoms with van der Waals surface area (Å²) in [6.45, 7) is 36.0. The molecule has 7 nitrogen and oxygen atoms in total. The molecule has 0 saturated heterocycles. The third-order valence-electron chi connectivity index (χ3n) is 3.36. The highest BCUT2D eigenvalue weighted by molar-refractivity contribution is 6.91. The second-order valence-corrected chi connectivity index (χ2v) is 41.6. The van der Waals surface area contributed by atoms with Crippen LogP contribution in [0.2, 0.25) is 111 Å². The van der Waals surface area contributed by atoms with E-state index in [9.17, 15) is 0 Å². The van der Waals surface area contributed by atoms with Crippen LogP contribution in [0.1, 0.15) is 0 Å². The van der Waals surface area contributed by atoms with Gasteiger partial charge < -0.3 is 28.8 Å². The predicted octanol–water partition coefficient (Wildman–Crippen LogP) is 6.40. The lowest BCUT2D eigenvalue weighted by atomic mass is 11.8. The van der Waals surface area contributed by atoms with Crippen molar-refractivity contribution in [3.63, 3.8) is 0 Å². The summed E-state index contributed by atoms with van der Waals surface area (Å²) in [4.78, 5) is 0. The molecule has 0 fully saturated rings. The topological polar surface area (TPSA) is 64.6 Å². The van der Waals surface area contributed by atoms with Crippen LogP contribution in [0.25, 0.3) is 0 Å². The van der Waals surface area contributed by atoms with E-state index in [0.29, 0.717) is 0 Å². The summed E-state index contributed by atoms with van der Waals surface area (Å²) in [6, 6.07) is 0. The Morgan fingerprint density at radius 1 is 0.344 bits per heavy atom. The number of hydrogen-bond acceptors (Lipinski definition) is 7. The summed E-state index contributed by atoms with van der Waals surface area (Å²) >= 11 is 0. The summed E-state index contributed by atoms with van der Waals surface area (Å²) in [6.07, 6.45) is 0. The molecule has 0 heterocycles. The van der Waals surface area contributed by atoms with E-state index in [1.807, 2.05) is 0 Å². The molecule has 15 heteroatoms. The molecule has 193 valence electrons. The maximum atomic E-state index is 6.60. The van der Waals surface area contributed by atoms with Gasteiger partial charge in [0.1, 0.15) is 0 Å². The number of hydrogen-bond donors (Lipinski definition) is 0. The predicted molar refractivity (Wildman–Crippen MR) is 153 cm³/mol. The standard InChI is InChI=1S/C17H51O7Si8/c1-25(18-26(2,3)4)19-28(8,9)21-30(12,13)23-32(16,17)24-31(14,15)22-29(10,11)20-27(5,6)7/h1-17H3. The average Bonchev–Trinajstić information content (AvgIpc) is 2.22. The molecule has 0 aliphatic carbocycles. The van der Waals surface area contributed by atoms with Gasteiger partial charge in [0, 0.05) is 0 Å². The normalized spacial score (nSPS) is 15.6. The van der Waals surface area contributed by atoms with Crippen LogP contribution in [0.3, 0.4) is 0 Å². The molecule has 0 aromatic carbocycles. The third-order valence-corrected chi connectivity index (χ3v) is 30.2. The van der Waals surface area contributed by atoms with Crippen molar-refractivity contribution in [1.29, 1.82) is 0 Å². The molecule has 0 saturated carbocycles. The lowest BCUT2D eigenvalue weighted by molar-refractivity contribution is 0.268. The van der Waals surface area contributed by atoms with Crippen molar-refractivity contribution < 1.29 is 28.8 Å². The summed E-state index contributed by atoms with van der Waals surface area (Å²) in [5.74, 6) is 0. The Labute approximate surface area is 208 Å². The third kappa shape index (κ3) is 17.0. The molecular formula is C17H51O7Si8. The fourth-order valence-electron chi connectivity index (χ4n) is 4.01. The zero-order valence-electron chi connectivity index (χ0n) is 23.9. The van der Waals surface area contributed by atoms with Crippen LogP contribution < -0.4 is 0 Å². The second kappa shape index (κ2) is 11.2. The van der Waals surface area contributed by atoms with Crippen LogP contribution in [-0.2, 0) is 28.8 Å². The van der Waals surface area contributed by atoms with Gasteiger partial charge in [-0.25, -0.2) is 0 Å². The maximum Gasteiger partial charge on any atom is 0.360 e. The lowest BCUT2D eigenvalue weighted by Crippen LogP contribution is -2.60. The zero-order chi connectivity index (χ0) is 26.0. The molecule has 0 aromatic rings. The number of rotatable bonds is 14. The monoisotopic (exact) mass is 591 g/mol. The molecule has 0 spiro atoms. The minimum Gasteiger partial charge on any atom is -0.437 e. The van der Waals surface area contributed by atoms with Crippen molar-refractivity contribution in [2.24, 2.45) is 0 Å². The Morgan fingerprint density at radius 2 is 0.625 bits per heavy atom. The van der Waals surface area contributed by atoms with Gasteiger partial charge in [-0.15, -0.1) is 0 Å². The van der Waals surface area contributed by atoms with Gasteiger partial charge in [0.2, 0.25) is 0 Å². The van der Waals surface area contributed by atoms with Crippen LogP contribution >= 0.6 is 0 Å². The van der Waals surface area contributed by atoms with E-state index >= 15 is 0 Å². The molecule has 0 bridgehead atoms. The average molecular weight is 592 g/mol. The molecule has 0 aliphatic rings. The van der Waals surface area contributed by atoms with Gasteiger partial charge in [-0.1, -0.05) is 0 Å². The first-order valence-corrected chi connectivity index (χ1v) is 34.1. The summed E-state index contributed by atoms with van der Waals surface area (Å²) in [5.41, 5.74) is 0. The molecule has 0 amide bonds. The minimum atomic E-state index is -2.51. The van der Waals surface area contributed by atoms with Crippen LogP contribution in [0, 0.1) is 0 Å². The van der Waals surface area contributed by atoms with Crippen molar-refractivity contribution in [2.45, 2.75) is 111 Å². The van der Waals surface area contributed by atoms with Crippen molar-refractivity contribution in [1.82, 2.24) is 0 Å². The molecule has 0 atom stereocenters. The van der Waals surface area contributed by atoms with E-state index in [1.165, 1.54) is 0 Å². The first-order valence-electron chi connectivity index (χ1n) is 11.4. The highest BCUT2D eigenvalue weighted by Crippen LogP contribution is 2.27. The molecule has 0 aromatic heterocycles. The van der Waals surface area contributed by atoms with E-state index in [-0.39, 0.29) is 0 Å². The van der Waals surface area contributed by atoms with Crippen LogP contribution in [0.5, 0.6) is 0 Å². The SMILES string of the molecule is C[Si](O[Si](C)(C)C)O[Si](C)(C)O[Si](C)(C)O[Si](C)(C)O[Si](C)(C)O[Si](C)(C)O[Si](C)(C)C. The van der Waals surface area contributed by atoms with E-state index in [0.717, 1.165) is 0 Å².